The van der Waals surface area contributed by atoms with Crippen LogP contribution in [0.4, 0.5) is 0 Å². The molecule has 0 unspecified atom stereocenters. The summed E-state index contributed by atoms with van der Waals surface area (Å²) in [5.41, 5.74) is 1.09. The van der Waals surface area contributed by atoms with Gasteiger partial charge in [-0.3, -0.25) is 0 Å². The van der Waals surface area contributed by atoms with Crippen LogP contribution in [0.2, 0.25) is 0 Å². The van der Waals surface area contributed by atoms with Crippen molar-refractivity contribution >= 4 is 21.9 Å². The van der Waals surface area contributed by atoms with Gasteiger partial charge in [0.1, 0.15) is 0 Å². The number of unbranched alkanes of at least 4 members (excludes halogenated alkanes) is 3. The van der Waals surface area contributed by atoms with Gasteiger partial charge in [0.05, 0.1) is 6.61 Å². The Labute approximate surface area is 104 Å². The predicted molar refractivity (Wildman–Crippen MR) is 65.4 cm³/mol. The van der Waals surface area contributed by atoms with E-state index in [-0.39, 0.29) is 5.97 Å². The fourth-order valence-electron chi connectivity index (χ4n) is 1.38. The molecule has 0 fully saturated rings. The summed E-state index contributed by atoms with van der Waals surface area (Å²) in [6.45, 7) is 4.42. The Hall–Kier alpha value is -0.840. The van der Waals surface area contributed by atoms with E-state index in [1.54, 1.807) is 6.92 Å². The Morgan fingerprint density at radius 1 is 1.44 bits per heavy atom. The van der Waals surface area contributed by atoms with E-state index >= 15 is 0 Å². The number of carbonyl (C=O) groups is 1. The van der Waals surface area contributed by atoms with Crippen LogP contribution in [-0.2, 0) is 4.74 Å². The highest BCUT2D eigenvalue weighted by atomic mass is 79.9. The van der Waals surface area contributed by atoms with Crippen LogP contribution in [0.1, 0.15) is 48.8 Å². The van der Waals surface area contributed by atoms with Crippen molar-refractivity contribution in [3.8, 4) is 0 Å². The van der Waals surface area contributed by atoms with Crippen LogP contribution >= 0.6 is 15.9 Å². The van der Waals surface area contributed by atoms with E-state index in [0.717, 1.165) is 18.5 Å². The Morgan fingerprint density at radius 3 is 2.75 bits per heavy atom. The highest BCUT2D eigenvalue weighted by Crippen LogP contribution is 2.11. The smallest absolute Gasteiger partial charge is 0.358 e. The summed E-state index contributed by atoms with van der Waals surface area (Å²) < 4.78 is 5.68. The van der Waals surface area contributed by atoms with Crippen LogP contribution in [0.5, 0.6) is 0 Å². The van der Waals surface area contributed by atoms with Crippen molar-refractivity contribution in [2.45, 2.75) is 39.5 Å². The summed E-state index contributed by atoms with van der Waals surface area (Å²) in [7, 11) is 0. The number of nitrogens with zero attached hydrogens (tertiary/aromatic N) is 1. The van der Waals surface area contributed by atoms with Crippen molar-refractivity contribution in [3.05, 3.63) is 16.1 Å². The average Bonchev–Trinajstić information content (AvgIpc) is 2.57. The molecular weight excluding hydrogens is 272 g/mol. The van der Waals surface area contributed by atoms with Crippen molar-refractivity contribution in [2.75, 3.05) is 6.61 Å². The molecule has 1 aromatic heterocycles. The maximum Gasteiger partial charge on any atom is 0.358 e. The van der Waals surface area contributed by atoms with Crippen molar-refractivity contribution in [1.29, 1.82) is 0 Å². The highest BCUT2D eigenvalue weighted by Gasteiger charge is 2.14. The Balaban J connectivity index is 2.33. The van der Waals surface area contributed by atoms with E-state index < -0.39 is 0 Å². The second-order valence-electron chi connectivity index (χ2n) is 3.70. The number of esters is 1. The third-order valence-corrected chi connectivity index (χ3v) is 2.66. The molecule has 0 bridgehead atoms. The van der Waals surface area contributed by atoms with Crippen LogP contribution in [0.25, 0.3) is 0 Å². The van der Waals surface area contributed by atoms with E-state index in [1.165, 1.54) is 12.8 Å². The van der Waals surface area contributed by atoms with E-state index in [9.17, 15) is 4.79 Å². The first kappa shape index (κ1) is 13.2. The molecule has 0 radical (unpaired) electrons. The molecule has 0 aliphatic carbocycles. The highest BCUT2D eigenvalue weighted by molar-refractivity contribution is 9.10. The number of imidazole rings is 1. The number of aromatic amines is 1. The zero-order chi connectivity index (χ0) is 12.0. The van der Waals surface area contributed by atoms with E-state index in [4.69, 9.17) is 4.74 Å². The minimum Gasteiger partial charge on any atom is -0.461 e. The summed E-state index contributed by atoms with van der Waals surface area (Å²) >= 11 is 3.18. The summed E-state index contributed by atoms with van der Waals surface area (Å²) in [5.74, 6) is -0.351. The summed E-state index contributed by atoms with van der Waals surface area (Å²) in [4.78, 5) is 18.5. The Bertz CT molecular complexity index is 350. The molecule has 1 aromatic rings. The molecule has 0 amide bonds. The lowest BCUT2D eigenvalue weighted by Crippen LogP contribution is -2.08. The van der Waals surface area contributed by atoms with Gasteiger partial charge in [-0.25, -0.2) is 9.78 Å². The van der Waals surface area contributed by atoms with Crippen LogP contribution < -0.4 is 0 Å². The lowest BCUT2D eigenvalue weighted by molar-refractivity contribution is 0.0490. The molecule has 1 N–H and O–H groups in total. The van der Waals surface area contributed by atoms with Gasteiger partial charge < -0.3 is 9.72 Å². The first-order chi connectivity index (χ1) is 7.65. The summed E-state index contributed by atoms with van der Waals surface area (Å²) in [6.07, 6.45) is 4.39. The molecule has 1 rings (SSSR count). The molecular formula is C11H17BrN2O2. The molecule has 0 saturated carbocycles. The van der Waals surface area contributed by atoms with Gasteiger partial charge in [-0.1, -0.05) is 26.2 Å². The molecule has 0 aliphatic heterocycles. The van der Waals surface area contributed by atoms with Crippen molar-refractivity contribution in [3.63, 3.8) is 0 Å². The number of aryl methyl sites for hydroxylation is 1. The number of hydrogen-bond acceptors (Lipinski definition) is 3. The number of carbonyl (C=O) groups excluding carboxylic acids is 1. The van der Waals surface area contributed by atoms with Crippen molar-refractivity contribution in [1.82, 2.24) is 9.97 Å². The SMILES string of the molecule is CCCCCCOC(=O)c1nc(Br)[nH]c1C. The van der Waals surface area contributed by atoms with E-state index in [2.05, 4.69) is 32.8 Å². The second-order valence-corrected chi connectivity index (χ2v) is 4.45. The van der Waals surface area contributed by atoms with Gasteiger partial charge in [0.15, 0.2) is 10.4 Å². The lowest BCUT2D eigenvalue weighted by Gasteiger charge is -2.02. The number of rotatable bonds is 6. The minimum absolute atomic E-state index is 0.351. The second kappa shape index (κ2) is 6.68. The molecule has 5 heteroatoms. The summed E-state index contributed by atoms with van der Waals surface area (Å²) in [6, 6.07) is 0. The fraction of sp³-hybridized carbons (Fsp3) is 0.636. The largest absolute Gasteiger partial charge is 0.461 e. The maximum absolute atomic E-state index is 11.6. The third-order valence-electron chi connectivity index (χ3n) is 2.28. The normalized spacial score (nSPS) is 10.4. The van der Waals surface area contributed by atoms with Crippen LogP contribution in [0, 0.1) is 6.92 Å². The number of nitrogens with one attached hydrogen (secondary N) is 1. The first-order valence-corrected chi connectivity index (χ1v) is 6.33. The minimum atomic E-state index is -0.351. The predicted octanol–water partition coefficient (Wildman–Crippen LogP) is 3.22. The number of halogens is 1. The van der Waals surface area contributed by atoms with Gasteiger partial charge in [0, 0.05) is 5.69 Å². The molecule has 4 nitrogen and oxygen atoms in total. The van der Waals surface area contributed by atoms with E-state index in [0.29, 0.717) is 17.0 Å². The van der Waals surface area contributed by atoms with Gasteiger partial charge in [-0.05, 0) is 29.3 Å². The molecule has 90 valence electrons. The zero-order valence-electron chi connectivity index (χ0n) is 9.68. The van der Waals surface area contributed by atoms with Crippen LogP contribution in [-0.4, -0.2) is 22.5 Å². The molecule has 0 saturated heterocycles. The molecule has 0 aliphatic rings. The van der Waals surface area contributed by atoms with Gasteiger partial charge in [0.25, 0.3) is 0 Å². The Morgan fingerprint density at radius 2 is 2.19 bits per heavy atom. The third kappa shape index (κ3) is 3.96. The topological polar surface area (TPSA) is 55.0 Å². The fourth-order valence-corrected chi connectivity index (χ4v) is 1.86. The monoisotopic (exact) mass is 288 g/mol. The molecule has 0 aromatic carbocycles. The quantitative estimate of drug-likeness (QED) is 0.646. The lowest BCUT2D eigenvalue weighted by atomic mass is 10.2. The van der Waals surface area contributed by atoms with Gasteiger partial charge in [-0.2, -0.15) is 0 Å². The first-order valence-electron chi connectivity index (χ1n) is 5.54. The molecule has 1 heterocycles. The number of hydrogen-bond donors (Lipinski definition) is 1. The van der Waals surface area contributed by atoms with Crippen molar-refractivity contribution < 1.29 is 9.53 Å². The van der Waals surface area contributed by atoms with Gasteiger partial charge >= 0.3 is 5.97 Å². The van der Waals surface area contributed by atoms with Crippen LogP contribution in [0.3, 0.4) is 0 Å². The number of H-pyrrole nitrogens is 1. The number of ether oxygens (including phenoxy) is 1. The van der Waals surface area contributed by atoms with Gasteiger partial charge in [-0.15, -0.1) is 0 Å². The van der Waals surface area contributed by atoms with Crippen molar-refractivity contribution in [2.24, 2.45) is 0 Å². The Kier molecular flexibility index (Phi) is 5.52. The summed E-state index contributed by atoms with van der Waals surface area (Å²) in [5, 5.41) is 0. The molecule has 16 heavy (non-hydrogen) atoms. The molecule has 0 spiro atoms. The van der Waals surface area contributed by atoms with Crippen LogP contribution in [0.15, 0.2) is 4.73 Å². The average molecular weight is 289 g/mol. The molecule has 0 atom stereocenters. The standard InChI is InChI=1S/C11H17BrN2O2/c1-3-4-5-6-7-16-10(15)9-8(2)13-11(12)14-9/h3-7H2,1-2H3,(H,13,14). The zero-order valence-corrected chi connectivity index (χ0v) is 11.3. The van der Waals surface area contributed by atoms with E-state index in [1.807, 2.05) is 0 Å². The maximum atomic E-state index is 11.6. The number of aromatic nitrogens is 2. The van der Waals surface area contributed by atoms with Gasteiger partial charge in [0.2, 0.25) is 0 Å².